The molecule has 4 aromatic heterocycles. The second-order valence-electron chi connectivity index (χ2n) is 7.37. The molecule has 10 heteroatoms. The summed E-state index contributed by atoms with van der Waals surface area (Å²) >= 11 is 1.61. The van der Waals surface area contributed by atoms with E-state index in [-0.39, 0.29) is 17.7 Å². The number of aromatic hydroxyl groups is 1. The number of hydrogen-bond donors (Lipinski definition) is 3. The van der Waals surface area contributed by atoms with Crippen molar-refractivity contribution in [2.24, 2.45) is 5.92 Å². The molecule has 0 saturated heterocycles. The van der Waals surface area contributed by atoms with E-state index in [2.05, 4.69) is 30.5 Å². The van der Waals surface area contributed by atoms with Gasteiger partial charge in [0.25, 0.3) is 0 Å². The first kappa shape index (κ1) is 17.8. The number of fused-ring (bicyclic) bond motifs is 4. The van der Waals surface area contributed by atoms with E-state index >= 15 is 0 Å². The minimum absolute atomic E-state index is 0.00618. The SMILES string of the molecule is CN(C)C(=O)[C@H]1CCc2c(sc3ncnc(Nc4cc5cn[nH]c5nc4O)c23)C1. The Hall–Kier alpha value is -3.27. The number of thiophene rings is 1. The third-order valence-corrected chi connectivity index (χ3v) is 6.46. The number of pyridine rings is 1. The average Bonchev–Trinajstić information content (AvgIpc) is 3.30. The van der Waals surface area contributed by atoms with E-state index in [1.165, 1.54) is 16.8 Å². The molecule has 4 aromatic rings. The lowest BCUT2D eigenvalue weighted by molar-refractivity contribution is -0.133. The van der Waals surface area contributed by atoms with E-state index < -0.39 is 0 Å². The van der Waals surface area contributed by atoms with Gasteiger partial charge in [-0.3, -0.25) is 9.89 Å². The van der Waals surface area contributed by atoms with Crippen LogP contribution in [-0.2, 0) is 17.6 Å². The Morgan fingerprint density at radius 1 is 1.38 bits per heavy atom. The molecule has 0 bridgehead atoms. The highest BCUT2D eigenvalue weighted by atomic mass is 32.1. The largest absolute Gasteiger partial charge is 0.492 e. The number of carbonyl (C=O) groups is 1. The molecular weight excluding hydrogens is 390 g/mol. The quantitative estimate of drug-likeness (QED) is 0.476. The zero-order chi connectivity index (χ0) is 20.1. The Bertz CT molecular complexity index is 1250. The van der Waals surface area contributed by atoms with E-state index in [0.717, 1.165) is 34.9 Å². The van der Waals surface area contributed by atoms with Gasteiger partial charge in [0.15, 0.2) is 5.65 Å². The first-order chi connectivity index (χ1) is 14.0. The van der Waals surface area contributed by atoms with Crippen LogP contribution in [0.4, 0.5) is 11.5 Å². The van der Waals surface area contributed by atoms with Crippen molar-refractivity contribution >= 4 is 50.0 Å². The Morgan fingerprint density at radius 3 is 3.07 bits per heavy atom. The highest BCUT2D eigenvalue weighted by Gasteiger charge is 2.30. The van der Waals surface area contributed by atoms with Gasteiger partial charge in [0, 0.05) is 30.3 Å². The molecule has 0 aliphatic heterocycles. The van der Waals surface area contributed by atoms with E-state index in [1.807, 2.05) is 0 Å². The van der Waals surface area contributed by atoms with Crippen molar-refractivity contribution in [3.8, 4) is 5.88 Å². The summed E-state index contributed by atoms with van der Waals surface area (Å²) in [5.74, 6) is 0.674. The number of rotatable bonds is 3. The van der Waals surface area contributed by atoms with Crippen LogP contribution in [-0.4, -0.2) is 55.2 Å². The fourth-order valence-electron chi connectivity index (χ4n) is 3.87. The van der Waals surface area contributed by atoms with E-state index in [1.54, 1.807) is 42.6 Å². The predicted molar refractivity (Wildman–Crippen MR) is 110 cm³/mol. The zero-order valence-electron chi connectivity index (χ0n) is 15.9. The molecule has 3 N–H and O–H groups in total. The van der Waals surface area contributed by atoms with E-state index in [9.17, 15) is 9.90 Å². The molecule has 9 nitrogen and oxygen atoms in total. The molecule has 0 radical (unpaired) electrons. The summed E-state index contributed by atoms with van der Waals surface area (Å²) < 4.78 is 0. The number of hydrogen-bond acceptors (Lipinski definition) is 8. The molecule has 0 aromatic carbocycles. The number of amides is 1. The molecule has 1 aliphatic carbocycles. The predicted octanol–water partition coefficient (Wildman–Crippen LogP) is 2.60. The van der Waals surface area contributed by atoms with Crippen LogP contribution in [0.3, 0.4) is 0 Å². The highest BCUT2D eigenvalue weighted by molar-refractivity contribution is 7.19. The van der Waals surface area contributed by atoms with Crippen molar-refractivity contribution in [2.45, 2.75) is 19.3 Å². The second-order valence-corrected chi connectivity index (χ2v) is 8.45. The molecular formula is C19H19N7O2S. The Morgan fingerprint density at radius 2 is 2.24 bits per heavy atom. The lowest BCUT2D eigenvalue weighted by Crippen LogP contribution is -2.32. The number of aromatic amines is 1. The van der Waals surface area contributed by atoms with Gasteiger partial charge in [-0.15, -0.1) is 11.3 Å². The molecule has 0 unspecified atom stereocenters. The van der Waals surface area contributed by atoms with Gasteiger partial charge in [0.2, 0.25) is 11.8 Å². The van der Waals surface area contributed by atoms with Crippen LogP contribution >= 0.6 is 11.3 Å². The third kappa shape index (κ3) is 2.96. The number of anilines is 2. The van der Waals surface area contributed by atoms with Crippen LogP contribution < -0.4 is 5.32 Å². The van der Waals surface area contributed by atoms with Gasteiger partial charge in [0.05, 0.1) is 11.6 Å². The molecule has 1 atom stereocenters. The van der Waals surface area contributed by atoms with Crippen LogP contribution in [0, 0.1) is 5.92 Å². The molecule has 29 heavy (non-hydrogen) atoms. The summed E-state index contributed by atoms with van der Waals surface area (Å²) in [6, 6.07) is 1.78. The Labute approximate surface area is 169 Å². The first-order valence-electron chi connectivity index (χ1n) is 9.27. The van der Waals surface area contributed by atoms with Crippen molar-refractivity contribution in [3.05, 3.63) is 29.0 Å². The van der Waals surface area contributed by atoms with Gasteiger partial charge in [0.1, 0.15) is 22.7 Å². The molecule has 1 amide bonds. The molecule has 0 spiro atoms. The Kier molecular flexibility index (Phi) is 4.09. The van der Waals surface area contributed by atoms with Crippen LogP contribution in [0.5, 0.6) is 5.88 Å². The molecule has 0 saturated carbocycles. The number of H-pyrrole nitrogens is 1. The van der Waals surface area contributed by atoms with Gasteiger partial charge in [-0.25, -0.2) is 9.97 Å². The van der Waals surface area contributed by atoms with E-state index in [4.69, 9.17) is 0 Å². The molecule has 4 heterocycles. The maximum Gasteiger partial charge on any atom is 0.237 e. The van der Waals surface area contributed by atoms with Gasteiger partial charge in [-0.05, 0) is 30.9 Å². The van der Waals surface area contributed by atoms with Gasteiger partial charge in [-0.2, -0.15) is 10.1 Å². The number of nitrogens with one attached hydrogen (secondary N) is 2. The fraction of sp³-hybridized carbons (Fsp3) is 0.316. The second kappa shape index (κ2) is 6.66. The van der Waals surface area contributed by atoms with Crippen molar-refractivity contribution in [2.75, 3.05) is 19.4 Å². The number of nitrogens with zero attached hydrogens (tertiary/aromatic N) is 5. The standard InChI is InChI=1S/C19H19N7O2S/c1-26(2)19(28)9-3-4-11-13(6-9)29-18-14(11)16(20-8-21-18)23-12-5-10-7-22-25-15(10)24-17(12)27/h5,7-9H,3-4,6H2,1-2H3,(H,20,21,23)(H2,22,24,25,27)/t9-/m0/s1. The van der Waals surface area contributed by atoms with Crippen LogP contribution in [0.1, 0.15) is 16.9 Å². The van der Waals surface area contributed by atoms with Crippen LogP contribution in [0.25, 0.3) is 21.3 Å². The summed E-state index contributed by atoms with van der Waals surface area (Å²) in [7, 11) is 3.60. The lowest BCUT2D eigenvalue weighted by atomic mass is 9.87. The van der Waals surface area contributed by atoms with Crippen LogP contribution in [0.2, 0.25) is 0 Å². The molecule has 5 rings (SSSR count). The molecule has 148 valence electrons. The number of aromatic nitrogens is 5. The van der Waals surface area contributed by atoms with Crippen LogP contribution in [0.15, 0.2) is 18.6 Å². The Balaban J connectivity index is 1.54. The van der Waals surface area contributed by atoms with Crippen molar-refractivity contribution in [3.63, 3.8) is 0 Å². The summed E-state index contributed by atoms with van der Waals surface area (Å²) in [6.07, 6.45) is 5.48. The van der Waals surface area contributed by atoms with Crippen molar-refractivity contribution in [1.29, 1.82) is 0 Å². The minimum atomic E-state index is -0.130. The third-order valence-electron chi connectivity index (χ3n) is 5.29. The van der Waals surface area contributed by atoms with Gasteiger partial charge in [-0.1, -0.05) is 0 Å². The summed E-state index contributed by atoms with van der Waals surface area (Å²) in [5.41, 5.74) is 2.16. The van der Waals surface area contributed by atoms with Crippen molar-refractivity contribution in [1.82, 2.24) is 30.0 Å². The smallest absolute Gasteiger partial charge is 0.237 e. The van der Waals surface area contributed by atoms with Gasteiger partial charge < -0.3 is 15.3 Å². The van der Waals surface area contributed by atoms with Crippen molar-refractivity contribution < 1.29 is 9.90 Å². The monoisotopic (exact) mass is 409 g/mol. The van der Waals surface area contributed by atoms with E-state index in [0.29, 0.717) is 17.2 Å². The summed E-state index contributed by atoms with van der Waals surface area (Å²) in [5, 5.41) is 21.9. The molecule has 0 fully saturated rings. The number of aryl methyl sites for hydroxylation is 1. The van der Waals surface area contributed by atoms with Gasteiger partial charge >= 0.3 is 0 Å². The summed E-state index contributed by atoms with van der Waals surface area (Å²) in [6.45, 7) is 0. The topological polar surface area (TPSA) is 120 Å². The highest BCUT2D eigenvalue weighted by Crippen LogP contribution is 2.41. The fourth-order valence-corrected chi connectivity index (χ4v) is 5.14. The molecule has 1 aliphatic rings. The average molecular weight is 409 g/mol. The normalized spacial score (nSPS) is 16.1. The zero-order valence-corrected chi connectivity index (χ0v) is 16.7. The maximum absolute atomic E-state index is 12.4. The summed E-state index contributed by atoms with van der Waals surface area (Å²) in [4.78, 5) is 29.1. The lowest BCUT2D eigenvalue weighted by Gasteiger charge is -2.24. The first-order valence-corrected chi connectivity index (χ1v) is 10.1. The maximum atomic E-state index is 12.4. The number of carbonyl (C=O) groups excluding carboxylic acids is 1. The minimum Gasteiger partial charge on any atom is -0.492 e.